The van der Waals surface area contributed by atoms with Crippen LogP contribution in [-0.4, -0.2) is 93.4 Å². The van der Waals surface area contributed by atoms with Crippen molar-refractivity contribution in [1.82, 2.24) is 0 Å². The fourth-order valence-electron chi connectivity index (χ4n) is 9.44. The van der Waals surface area contributed by atoms with Gasteiger partial charge in [0.1, 0.15) is 6.54 Å². The van der Waals surface area contributed by atoms with Crippen LogP contribution < -0.4 is 128 Å². The zero-order chi connectivity index (χ0) is 52.6. The first kappa shape index (κ1) is 70.4. The maximum absolute atomic E-state index is 16.7. The van der Waals surface area contributed by atoms with Crippen LogP contribution >= 0.6 is 0 Å². The summed E-state index contributed by atoms with van der Waals surface area (Å²) in [6.07, 6.45) is 8.21. The molecule has 0 fully saturated rings. The molecule has 0 amide bonds. The van der Waals surface area contributed by atoms with Crippen LogP contribution in [-0.2, 0) is 51.3 Å². The number of rotatable bonds is 20. The van der Waals surface area contributed by atoms with Gasteiger partial charge in [-0.25, -0.2) is 8.78 Å². The number of hydrogen-bond acceptors (Lipinski definition) is 10. The van der Waals surface area contributed by atoms with Gasteiger partial charge >= 0.3 is 118 Å². The van der Waals surface area contributed by atoms with Crippen molar-refractivity contribution in [3.63, 3.8) is 0 Å². The Hall–Kier alpha value is -0.750. The van der Waals surface area contributed by atoms with Crippen LogP contribution in [0.1, 0.15) is 109 Å². The van der Waals surface area contributed by atoms with Crippen molar-refractivity contribution in [1.29, 1.82) is 0 Å². The fourth-order valence-corrected chi connectivity index (χ4v) is 11.6. The van der Waals surface area contributed by atoms with Gasteiger partial charge in [0.2, 0.25) is 17.3 Å². The van der Waals surface area contributed by atoms with Crippen molar-refractivity contribution in [3.05, 3.63) is 118 Å². The van der Waals surface area contributed by atoms with E-state index in [1.165, 1.54) is 48.6 Å². The molecule has 2 aliphatic heterocycles. The van der Waals surface area contributed by atoms with Crippen LogP contribution in [0.2, 0.25) is 0 Å². The topological polar surface area (TPSA) is 233 Å². The molecule has 0 aromatic heterocycles. The number of nitrogens with zero attached hydrogens (tertiary/aromatic N) is 2. The van der Waals surface area contributed by atoms with Crippen molar-refractivity contribution >= 4 is 63.1 Å². The van der Waals surface area contributed by atoms with Gasteiger partial charge in [0.25, 0.3) is 40.5 Å². The SMILES string of the molecule is CCCCOc1c(F)c(F)c(C2=C(/C=C/C3=[N+](CCCCS(=O)(=O)O)c4ccc(S(=O)(=O)O)cc4C3(C)C)CCC/C2=C\C=C2\N(CCCCS(=O)(=O)O)c3ccc(S(=O)(=O)O)cc3C2(C)C)c(F)c1F.[Na+].[Na+].[Na+].[Na+]. The Morgan fingerprint density at radius 3 is 1.76 bits per heavy atom. The summed E-state index contributed by atoms with van der Waals surface area (Å²) in [6, 6.07) is 7.90. The Kier molecular flexibility index (Phi) is 26.1. The van der Waals surface area contributed by atoms with Gasteiger partial charge in [-0.05, 0) is 117 Å². The van der Waals surface area contributed by atoms with Crippen LogP contribution in [0, 0.1) is 23.3 Å². The van der Waals surface area contributed by atoms with Crippen LogP contribution in [0.4, 0.5) is 28.9 Å². The van der Waals surface area contributed by atoms with Gasteiger partial charge in [0, 0.05) is 47.5 Å². The average Bonchev–Trinajstić information content (AvgIpc) is 3.61. The third-order valence-corrected chi connectivity index (χ3v) is 16.3. The Morgan fingerprint density at radius 1 is 0.667 bits per heavy atom. The molecule has 27 heteroatoms. The zero-order valence-electron chi connectivity index (χ0n) is 43.7. The molecule has 3 aromatic carbocycles. The van der Waals surface area contributed by atoms with Crippen molar-refractivity contribution in [2.24, 2.45) is 0 Å². The molecular formula is C48H57F4N2Na4O13S4+5. The first-order chi connectivity index (χ1) is 32.9. The summed E-state index contributed by atoms with van der Waals surface area (Å²) in [6.45, 7) is 8.82. The summed E-state index contributed by atoms with van der Waals surface area (Å²) in [5.41, 5.74) is -0.0748. The number of benzene rings is 3. The number of fused-ring (bicyclic) bond motifs is 2. The molecule has 4 N–H and O–H groups in total. The Balaban J connectivity index is 0.00000481. The largest absolute Gasteiger partial charge is 1.00 e. The van der Waals surface area contributed by atoms with E-state index < -0.39 is 107 Å². The summed E-state index contributed by atoms with van der Waals surface area (Å²) < 4.78 is 206. The van der Waals surface area contributed by atoms with E-state index in [1.807, 2.05) is 0 Å². The first-order valence-corrected chi connectivity index (χ1v) is 28.9. The van der Waals surface area contributed by atoms with Gasteiger partial charge in [-0.15, -0.1) is 0 Å². The summed E-state index contributed by atoms with van der Waals surface area (Å²) >= 11 is 0. The Bertz CT molecular complexity index is 3250. The van der Waals surface area contributed by atoms with Gasteiger partial charge < -0.3 is 9.64 Å². The average molecular weight is 1170 g/mol. The molecule has 15 nitrogen and oxygen atoms in total. The number of anilines is 1. The molecule has 0 saturated heterocycles. The second-order valence-corrected chi connectivity index (χ2v) is 24.7. The molecule has 1 aliphatic carbocycles. The smallest absolute Gasteiger partial charge is 0.487 e. The van der Waals surface area contributed by atoms with Gasteiger partial charge in [-0.1, -0.05) is 39.3 Å². The summed E-state index contributed by atoms with van der Waals surface area (Å²) in [7, 11) is -18.0. The molecule has 0 saturated carbocycles. The number of unbranched alkanes of at least 4 members (excludes halogenated alkanes) is 3. The molecule has 0 unspecified atom stereocenters. The maximum atomic E-state index is 16.7. The molecular weight excluding hydrogens is 1110 g/mol. The van der Waals surface area contributed by atoms with Gasteiger partial charge in [0.15, 0.2) is 23.1 Å². The first-order valence-electron chi connectivity index (χ1n) is 22.8. The molecule has 2 heterocycles. The molecule has 388 valence electrons. The van der Waals surface area contributed by atoms with Crippen LogP contribution in [0.15, 0.2) is 87.3 Å². The van der Waals surface area contributed by atoms with E-state index in [0.29, 0.717) is 53.2 Å². The minimum atomic E-state index is -4.67. The fraction of sp³-hybridized carbons (Fsp3) is 0.438. The van der Waals surface area contributed by atoms with E-state index in [4.69, 9.17) is 4.74 Å². The monoisotopic (exact) mass is 1170 g/mol. The third kappa shape index (κ3) is 16.5. The molecule has 3 aliphatic rings. The summed E-state index contributed by atoms with van der Waals surface area (Å²) in [5.74, 6) is -9.31. The van der Waals surface area contributed by atoms with Crippen LogP contribution in [0.25, 0.3) is 5.57 Å². The van der Waals surface area contributed by atoms with E-state index in [1.54, 1.807) is 56.2 Å². The van der Waals surface area contributed by atoms with E-state index in [9.17, 15) is 51.9 Å². The molecule has 0 atom stereocenters. The van der Waals surface area contributed by atoms with Crippen LogP contribution in [0.5, 0.6) is 5.75 Å². The predicted octanol–water partition coefficient (Wildman–Crippen LogP) is -2.55. The maximum Gasteiger partial charge on any atom is 1.00 e. The van der Waals surface area contributed by atoms with E-state index in [-0.39, 0.29) is 193 Å². The molecule has 75 heavy (non-hydrogen) atoms. The Morgan fingerprint density at radius 2 is 1.21 bits per heavy atom. The predicted molar refractivity (Wildman–Crippen MR) is 260 cm³/mol. The number of halogens is 4. The standard InChI is InChI=1S/C48H56F4N2O13S4.4Na/c1-6-7-25-67-46-44(51)42(49)41(43(50)45(46)52)40-30(15-21-38-47(2,3)34-28-32(70(61,62)63)17-19-36(34)53(38)23-8-10-26-68(55,56)57)13-12-14-31(40)16-22-39-48(4,5)35-29-33(71(64,65)66)18-20-37(35)54(39)24-9-11-27-69(58,59)60;;;;/h15-22,28-29H,6-14,23-27H2,1-5H3,(H3-,55,56,57,58,59,60,61,62,63,64,65,66);;;;/q;4*+1/p+1. The Labute approximate surface area is 526 Å². The van der Waals surface area contributed by atoms with E-state index in [2.05, 4.69) is 0 Å². The minimum absolute atomic E-state index is 0. The summed E-state index contributed by atoms with van der Waals surface area (Å²) in [4.78, 5) is 0.973. The second-order valence-electron chi connectivity index (χ2n) is 18.7. The quantitative estimate of drug-likeness (QED) is 0.0228. The van der Waals surface area contributed by atoms with E-state index in [0.717, 1.165) is 0 Å². The van der Waals surface area contributed by atoms with Gasteiger partial charge in [-0.2, -0.15) is 47.0 Å². The van der Waals surface area contributed by atoms with Crippen molar-refractivity contribution < 1.29 is 197 Å². The van der Waals surface area contributed by atoms with Crippen LogP contribution in [0.3, 0.4) is 0 Å². The minimum Gasteiger partial charge on any atom is -0.487 e. The number of ether oxygens (including phenoxy) is 1. The van der Waals surface area contributed by atoms with Crippen molar-refractivity contribution in [3.8, 4) is 5.75 Å². The molecule has 3 aromatic rings. The molecule has 6 rings (SSSR count). The normalized spacial score (nSPS) is 17.4. The number of allylic oxidation sites excluding steroid dienone is 8. The molecule has 0 radical (unpaired) electrons. The third-order valence-electron chi connectivity index (χ3n) is 13.0. The molecule has 0 bridgehead atoms. The van der Waals surface area contributed by atoms with Crippen molar-refractivity contribution in [2.75, 3.05) is 36.1 Å². The van der Waals surface area contributed by atoms with Gasteiger partial charge in [0.05, 0.1) is 38.9 Å². The second kappa shape index (κ2) is 27.8. The van der Waals surface area contributed by atoms with Gasteiger partial charge in [-0.3, -0.25) is 18.2 Å². The molecule has 0 spiro atoms. The summed E-state index contributed by atoms with van der Waals surface area (Å²) in [5, 5.41) is 0. The number of hydrogen-bond donors (Lipinski definition) is 4. The van der Waals surface area contributed by atoms with Crippen molar-refractivity contribution in [2.45, 2.75) is 113 Å². The van der Waals surface area contributed by atoms with E-state index >= 15 is 17.6 Å². The zero-order valence-corrected chi connectivity index (χ0v) is 54.9.